The van der Waals surface area contributed by atoms with E-state index in [9.17, 15) is 0 Å². The van der Waals surface area contributed by atoms with Crippen LogP contribution in [0.1, 0.15) is 94.2 Å². The number of hydrogen-bond acceptors (Lipinski definition) is 3. The molecular weight excluding hydrogens is 705 g/mol. The van der Waals surface area contributed by atoms with E-state index in [1.165, 1.54) is 72.3 Å². The molecule has 0 amide bonds. The van der Waals surface area contributed by atoms with Crippen molar-refractivity contribution < 1.29 is 4.42 Å². The topological polar surface area (TPSA) is 63.0 Å². The van der Waals surface area contributed by atoms with E-state index in [2.05, 4.69) is 135 Å². The van der Waals surface area contributed by atoms with Gasteiger partial charge in [0.15, 0.2) is 0 Å². The molecule has 9 rings (SSSR count). The van der Waals surface area contributed by atoms with Crippen LogP contribution in [-0.4, -0.2) is 6.21 Å². The standard InChI is InChI=1S/C26H23NO.C13H13N.C12H12.2C2H6/c1-3-9-23-17(4-2)24-16(15-27)14-22-20-12-6-5-10-18(20)19-11-7-8-13-21(19)25(22)26(24)28-23;14-10-12-8-4-5-9-13(12)11-6-2-1-3-7-11;1-10-6-2-5-9-12(10)11-7-3-4-8-11;2*1-2/h4,6-9,11-15,27H,3,5,10H2,1-2H3;1-9H,10,14H2;2-7,9H,8H2,1H3;2*1-2H3/b17-4+,23-9+,27-15?;;;;. The Labute approximate surface area is 346 Å². The summed E-state index contributed by atoms with van der Waals surface area (Å²) in [7, 11) is 0. The minimum absolute atomic E-state index is 0.588. The summed E-state index contributed by atoms with van der Waals surface area (Å²) < 4.78 is 6.47. The number of furan rings is 1. The van der Waals surface area contributed by atoms with Gasteiger partial charge in [0.05, 0.1) is 0 Å². The third kappa shape index (κ3) is 9.23. The molecule has 0 atom stereocenters. The molecule has 0 saturated carbocycles. The fraction of sp³-hybridized carbons (Fsp3) is 0.218. The molecule has 0 aliphatic heterocycles. The van der Waals surface area contributed by atoms with E-state index in [0.29, 0.717) is 6.54 Å². The number of rotatable bonds is 5. The van der Waals surface area contributed by atoms with Crippen molar-refractivity contribution in [2.24, 2.45) is 5.73 Å². The van der Waals surface area contributed by atoms with E-state index < -0.39 is 0 Å². The Morgan fingerprint density at radius 1 is 0.759 bits per heavy atom. The van der Waals surface area contributed by atoms with Crippen molar-refractivity contribution in [2.45, 2.75) is 80.7 Å². The summed E-state index contributed by atoms with van der Waals surface area (Å²) in [5.41, 5.74) is 19.0. The first-order valence-corrected chi connectivity index (χ1v) is 21.1. The first-order valence-electron chi connectivity index (χ1n) is 21.1. The van der Waals surface area contributed by atoms with E-state index in [4.69, 9.17) is 15.6 Å². The lowest BCUT2D eigenvalue weighted by molar-refractivity contribution is 0.577. The van der Waals surface area contributed by atoms with Gasteiger partial charge in [-0.25, -0.2) is 0 Å². The average molecular weight is 765 g/mol. The fourth-order valence-electron chi connectivity index (χ4n) is 7.90. The smallest absolute Gasteiger partial charge is 0.144 e. The Kier molecular flexibility index (Phi) is 16.0. The normalized spacial score (nSPS) is 13.0. The van der Waals surface area contributed by atoms with Gasteiger partial charge in [-0.05, 0) is 112 Å². The monoisotopic (exact) mass is 764 g/mol. The Balaban J connectivity index is 0.000000178. The summed E-state index contributed by atoms with van der Waals surface area (Å²) in [4.78, 5) is 0. The van der Waals surface area contributed by atoms with E-state index in [0.717, 1.165) is 52.9 Å². The second kappa shape index (κ2) is 21.5. The molecule has 1 heterocycles. The lowest BCUT2D eigenvalue weighted by Gasteiger charge is -2.18. The van der Waals surface area contributed by atoms with Gasteiger partial charge in [0.2, 0.25) is 0 Å². The minimum Gasteiger partial charge on any atom is -0.456 e. The molecule has 296 valence electrons. The third-order valence-corrected chi connectivity index (χ3v) is 10.5. The number of fused-ring (bicyclic) bond motifs is 8. The van der Waals surface area contributed by atoms with Gasteiger partial charge in [-0.1, -0.05) is 174 Å². The van der Waals surface area contributed by atoms with Gasteiger partial charge in [-0.3, -0.25) is 0 Å². The van der Waals surface area contributed by atoms with Crippen LogP contribution in [0.4, 0.5) is 0 Å². The summed E-state index contributed by atoms with van der Waals surface area (Å²) in [6.07, 6.45) is 20.9. The van der Waals surface area contributed by atoms with Gasteiger partial charge in [-0.15, -0.1) is 0 Å². The van der Waals surface area contributed by atoms with Crippen molar-refractivity contribution >= 4 is 62.5 Å². The van der Waals surface area contributed by atoms with Gasteiger partial charge >= 0.3 is 0 Å². The Bertz CT molecular complexity index is 2690. The quantitative estimate of drug-likeness (QED) is 0.135. The van der Waals surface area contributed by atoms with E-state index in [1.807, 2.05) is 65.0 Å². The molecule has 6 aromatic carbocycles. The zero-order valence-corrected chi connectivity index (χ0v) is 35.5. The Hall–Kier alpha value is -6.03. The van der Waals surface area contributed by atoms with Crippen molar-refractivity contribution in [1.82, 2.24) is 0 Å². The highest BCUT2D eigenvalue weighted by Gasteiger charge is 2.20. The maximum Gasteiger partial charge on any atom is 0.144 e. The number of nitrogens with two attached hydrogens (primary N) is 1. The van der Waals surface area contributed by atoms with Crippen LogP contribution in [0.25, 0.3) is 67.4 Å². The molecule has 3 nitrogen and oxygen atoms in total. The van der Waals surface area contributed by atoms with Crippen LogP contribution < -0.4 is 16.4 Å². The predicted octanol–water partition coefficient (Wildman–Crippen LogP) is 13.9. The van der Waals surface area contributed by atoms with Crippen LogP contribution >= 0.6 is 0 Å². The van der Waals surface area contributed by atoms with Crippen molar-refractivity contribution in [3.8, 4) is 11.1 Å². The maximum atomic E-state index is 8.08. The molecule has 3 N–H and O–H groups in total. The molecule has 2 aliphatic rings. The van der Waals surface area contributed by atoms with Crippen LogP contribution in [0.3, 0.4) is 0 Å². The molecule has 0 saturated heterocycles. The van der Waals surface area contributed by atoms with E-state index in [-0.39, 0.29) is 0 Å². The number of nitrogens with one attached hydrogen (secondary N) is 1. The number of aryl methyl sites for hydroxylation is 2. The molecule has 0 unspecified atom stereocenters. The Morgan fingerprint density at radius 2 is 1.43 bits per heavy atom. The average Bonchev–Trinajstić information content (AvgIpc) is 3.97. The highest BCUT2D eigenvalue weighted by molar-refractivity contribution is 6.24. The highest BCUT2D eigenvalue weighted by atomic mass is 16.3. The van der Waals surface area contributed by atoms with Crippen LogP contribution in [-0.2, 0) is 13.0 Å². The molecule has 2 aliphatic carbocycles. The molecular formula is C55H60N2O. The van der Waals surface area contributed by atoms with E-state index in [1.54, 1.807) is 0 Å². The van der Waals surface area contributed by atoms with Crippen LogP contribution in [0.2, 0.25) is 0 Å². The van der Waals surface area contributed by atoms with Gasteiger partial charge < -0.3 is 15.6 Å². The second-order valence-electron chi connectivity index (χ2n) is 13.8. The molecule has 0 radical (unpaired) electrons. The summed E-state index contributed by atoms with van der Waals surface area (Å²) in [5.74, 6) is 0. The zero-order chi connectivity index (χ0) is 41.4. The van der Waals surface area contributed by atoms with E-state index >= 15 is 0 Å². The number of benzene rings is 6. The van der Waals surface area contributed by atoms with Crippen molar-refractivity contribution in [3.63, 3.8) is 0 Å². The summed E-state index contributed by atoms with van der Waals surface area (Å²) >= 11 is 0. The van der Waals surface area contributed by atoms with Crippen molar-refractivity contribution in [1.29, 1.82) is 5.41 Å². The summed E-state index contributed by atoms with van der Waals surface area (Å²) in [6.45, 7) is 14.9. The Morgan fingerprint density at radius 3 is 2.09 bits per heavy atom. The van der Waals surface area contributed by atoms with Crippen molar-refractivity contribution in [2.75, 3.05) is 0 Å². The molecule has 3 heteroatoms. The van der Waals surface area contributed by atoms with Gasteiger partial charge in [-0.2, -0.15) is 0 Å². The number of hydrogen-bond donors (Lipinski definition) is 2. The molecule has 58 heavy (non-hydrogen) atoms. The van der Waals surface area contributed by atoms with Crippen LogP contribution in [0.5, 0.6) is 0 Å². The van der Waals surface area contributed by atoms with Crippen LogP contribution in [0, 0.1) is 12.3 Å². The number of allylic oxidation sites excluding steroid dienone is 5. The maximum absolute atomic E-state index is 8.08. The van der Waals surface area contributed by atoms with Crippen LogP contribution in [0.15, 0.2) is 138 Å². The fourth-order valence-corrected chi connectivity index (χ4v) is 7.90. The zero-order valence-electron chi connectivity index (χ0n) is 35.5. The lowest BCUT2D eigenvalue weighted by atomic mass is 9.85. The first kappa shape index (κ1) is 43.1. The summed E-state index contributed by atoms with van der Waals surface area (Å²) in [5, 5.41) is 15.1. The van der Waals surface area contributed by atoms with Gasteiger partial charge in [0.1, 0.15) is 11.0 Å². The molecule has 0 fully saturated rings. The highest BCUT2D eigenvalue weighted by Crippen LogP contribution is 2.40. The van der Waals surface area contributed by atoms with Gasteiger partial charge in [0, 0.05) is 34.3 Å². The lowest BCUT2D eigenvalue weighted by Crippen LogP contribution is -2.20. The largest absolute Gasteiger partial charge is 0.456 e. The third-order valence-electron chi connectivity index (χ3n) is 10.5. The SMILES string of the molecule is C/C=c1\c(=C/CC)oc2c1c(C=N)cc1c3c(c4ccccc4c12)CCC=C3.CC.CC.Cc1ccccc1C1=CC=CC1.NCc1ccccc1-c1ccccc1. The molecule has 0 spiro atoms. The second-order valence-corrected chi connectivity index (χ2v) is 13.8. The minimum atomic E-state index is 0.588. The summed E-state index contributed by atoms with van der Waals surface area (Å²) in [6, 6.07) is 38.0. The molecule has 7 aromatic rings. The molecule has 1 aromatic heterocycles. The van der Waals surface area contributed by atoms with Crippen molar-refractivity contribution in [3.05, 3.63) is 178 Å². The van der Waals surface area contributed by atoms with Gasteiger partial charge in [0.25, 0.3) is 0 Å². The molecule has 0 bridgehead atoms. The predicted molar refractivity (Wildman–Crippen MR) is 256 cm³/mol. The first-order chi connectivity index (χ1) is 28.6.